The van der Waals surface area contributed by atoms with Crippen molar-refractivity contribution in [1.82, 2.24) is 5.32 Å². The summed E-state index contributed by atoms with van der Waals surface area (Å²) >= 11 is 5.36. The first-order valence-electron chi connectivity index (χ1n) is 6.19. The lowest BCUT2D eigenvalue weighted by molar-refractivity contribution is 0.401. The van der Waals surface area contributed by atoms with Gasteiger partial charge >= 0.3 is 0 Å². The molecule has 0 radical (unpaired) electrons. The zero-order valence-electron chi connectivity index (χ0n) is 10.5. The lowest BCUT2D eigenvalue weighted by Gasteiger charge is -2.28. The number of thioether (sulfide) groups is 1. The molecule has 0 aliphatic heterocycles. The summed E-state index contributed by atoms with van der Waals surface area (Å²) in [5.41, 5.74) is 0. The predicted molar refractivity (Wildman–Crippen MR) is 77.5 cm³/mol. The highest BCUT2D eigenvalue weighted by Gasteiger charge is 2.33. The van der Waals surface area contributed by atoms with Crippen LogP contribution in [0.25, 0.3) is 0 Å². The maximum Gasteiger partial charge on any atom is 0.169 e. The molecule has 2 rings (SSSR count). The molecule has 2 nitrogen and oxygen atoms in total. The summed E-state index contributed by atoms with van der Waals surface area (Å²) in [6, 6.07) is 4.26. The Bertz CT molecular complexity index is 360. The number of halogens is 1. The van der Waals surface area contributed by atoms with Crippen molar-refractivity contribution in [2.45, 2.75) is 43.4 Å². The largest absolute Gasteiger partial charge is 0.453 e. The van der Waals surface area contributed by atoms with Crippen molar-refractivity contribution in [3.63, 3.8) is 0 Å². The lowest BCUT2D eigenvalue weighted by atomic mass is 10.1. The van der Waals surface area contributed by atoms with Gasteiger partial charge in [0.15, 0.2) is 4.67 Å². The molecular weight excluding hydrogens is 298 g/mol. The van der Waals surface area contributed by atoms with Crippen molar-refractivity contribution in [3.05, 3.63) is 22.6 Å². The van der Waals surface area contributed by atoms with Crippen molar-refractivity contribution in [1.29, 1.82) is 0 Å². The Labute approximate surface area is 116 Å². The highest BCUT2D eigenvalue weighted by Crippen LogP contribution is 2.40. The van der Waals surface area contributed by atoms with Crippen LogP contribution in [0, 0.1) is 0 Å². The molecule has 1 aliphatic rings. The summed E-state index contributed by atoms with van der Waals surface area (Å²) in [6.07, 6.45) is 7.68. The Kier molecular flexibility index (Phi) is 4.61. The molecule has 0 bridgehead atoms. The number of hydrogen-bond donors (Lipinski definition) is 1. The zero-order valence-corrected chi connectivity index (χ0v) is 12.9. The van der Waals surface area contributed by atoms with Gasteiger partial charge in [0, 0.05) is 11.3 Å². The molecule has 0 amide bonds. The smallest absolute Gasteiger partial charge is 0.169 e. The van der Waals surface area contributed by atoms with E-state index in [4.69, 9.17) is 4.42 Å². The minimum atomic E-state index is 0.283. The van der Waals surface area contributed by atoms with Gasteiger partial charge in [-0.1, -0.05) is 12.8 Å². The second-order valence-corrected chi connectivity index (χ2v) is 6.89. The number of hydrogen-bond acceptors (Lipinski definition) is 3. The summed E-state index contributed by atoms with van der Waals surface area (Å²) in [7, 11) is 0. The molecule has 17 heavy (non-hydrogen) atoms. The third-order valence-electron chi connectivity index (χ3n) is 3.70. The first-order valence-corrected chi connectivity index (χ1v) is 8.21. The molecule has 4 heteroatoms. The standard InChI is InChI=1S/C13H20BrNOS/c1-10(11-5-6-12(14)16-11)15-9-13(17-2)7-3-4-8-13/h5-6,10,15H,3-4,7-9H2,1-2H3. The normalized spacial score (nSPS) is 20.6. The molecule has 96 valence electrons. The maximum absolute atomic E-state index is 5.57. The Balaban J connectivity index is 1.89. The number of furan rings is 1. The van der Waals surface area contributed by atoms with Crippen LogP contribution in [0.1, 0.15) is 44.4 Å². The van der Waals surface area contributed by atoms with Crippen LogP contribution in [0.2, 0.25) is 0 Å². The van der Waals surface area contributed by atoms with Crippen molar-refractivity contribution in [3.8, 4) is 0 Å². The summed E-state index contributed by atoms with van der Waals surface area (Å²) in [5, 5.41) is 3.61. The van der Waals surface area contributed by atoms with Crippen LogP contribution >= 0.6 is 27.7 Å². The molecule has 1 saturated carbocycles. The highest BCUT2D eigenvalue weighted by molar-refractivity contribution is 9.10. The van der Waals surface area contributed by atoms with Gasteiger partial charge in [-0.05, 0) is 54.1 Å². The van der Waals surface area contributed by atoms with Gasteiger partial charge in [-0.15, -0.1) is 0 Å². The topological polar surface area (TPSA) is 25.2 Å². The van der Waals surface area contributed by atoms with Gasteiger partial charge in [-0.2, -0.15) is 11.8 Å². The lowest BCUT2D eigenvalue weighted by Crippen LogP contribution is -2.36. The van der Waals surface area contributed by atoms with Gasteiger partial charge < -0.3 is 9.73 Å². The van der Waals surface area contributed by atoms with Crippen molar-refractivity contribution < 1.29 is 4.42 Å². The fraction of sp³-hybridized carbons (Fsp3) is 0.692. The van der Waals surface area contributed by atoms with Crippen LogP contribution in [-0.4, -0.2) is 17.5 Å². The van der Waals surface area contributed by atoms with Crippen molar-refractivity contribution >= 4 is 27.7 Å². The molecule has 0 aromatic carbocycles. The molecule has 0 saturated heterocycles. The summed E-state index contributed by atoms with van der Waals surface area (Å²) in [5.74, 6) is 1.01. The quantitative estimate of drug-likeness (QED) is 0.873. The molecule has 1 N–H and O–H groups in total. The average Bonchev–Trinajstić information content (AvgIpc) is 2.95. The number of nitrogens with one attached hydrogen (secondary N) is 1. The van der Waals surface area contributed by atoms with Crippen LogP contribution in [0.4, 0.5) is 0 Å². The molecular formula is C13H20BrNOS. The van der Waals surface area contributed by atoms with Gasteiger partial charge in [0.2, 0.25) is 0 Å². The number of rotatable bonds is 5. The van der Waals surface area contributed by atoms with Crippen LogP contribution in [0.15, 0.2) is 21.2 Å². The SMILES string of the molecule is CSC1(CNC(C)c2ccc(Br)o2)CCCC1. The fourth-order valence-corrected chi connectivity index (χ4v) is 3.72. The Hall–Kier alpha value is 0.0700. The van der Waals surface area contributed by atoms with E-state index in [1.54, 1.807) is 0 Å². The van der Waals surface area contributed by atoms with Crippen molar-refractivity contribution in [2.24, 2.45) is 0 Å². The molecule has 1 unspecified atom stereocenters. The Morgan fingerprint density at radius 2 is 2.18 bits per heavy atom. The third kappa shape index (κ3) is 3.30. The van der Waals surface area contributed by atoms with E-state index in [0.29, 0.717) is 4.75 Å². The first-order chi connectivity index (χ1) is 8.15. The molecule has 1 aromatic heterocycles. The minimum absolute atomic E-state index is 0.283. The average molecular weight is 318 g/mol. The van der Waals surface area contributed by atoms with E-state index in [0.717, 1.165) is 17.0 Å². The summed E-state index contributed by atoms with van der Waals surface area (Å²) in [4.78, 5) is 0. The Morgan fingerprint density at radius 1 is 1.47 bits per heavy atom. The van der Waals surface area contributed by atoms with E-state index in [1.165, 1.54) is 25.7 Å². The van der Waals surface area contributed by atoms with Gasteiger partial charge in [0.05, 0.1) is 6.04 Å². The molecule has 1 fully saturated rings. The minimum Gasteiger partial charge on any atom is -0.453 e. The monoisotopic (exact) mass is 317 g/mol. The molecule has 1 atom stereocenters. The molecule has 1 heterocycles. The fourth-order valence-electron chi connectivity index (χ4n) is 2.47. The molecule has 1 aromatic rings. The second-order valence-electron chi connectivity index (χ2n) is 4.84. The summed E-state index contributed by atoms with van der Waals surface area (Å²) < 4.78 is 6.84. The van der Waals surface area contributed by atoms with E-state index in [-0.39, 0.29) is 6.04 Å². The van der Waals surface area contributed by atoms with E-state index in [2.05, 4.69) is 34.4 Å². The molecule has 0 spiro atoms. The van der Waals surface area contributed by atoms with Crippen LogP contribution in [0.5, 0.6) is 0 Å². The molecule has 1 aliphatic carbocycles. The van der Waals surface area contributed by atoms with E-state index < -0.39 is 0 Å². The summed E-state index contributed by atoms with van der Waals surface area (Å²) in [6.45, 7) is 3.24. The second kappa shape index (κ2) is 5.81. The van der Waals surface area contributed by atoms with E-state index >= 15 is 0 Å². The van der Waals surface area contributed by atoms with Gasteiger partial charge in [-0.3, -0.25) is 0 Å². The zero-order chi connectivity index (χ0) is 12.3. The maximum atomic E-state index is 5.57. The van der Waals surface area contributed by atoms with Crippen LogP contribution < -0.4 is 5.32 Å². The first kappa shape index (κ1) is 13.5. The highest BCUT2D eigenvalue weighted by atomic mass is 79.9. The van der Waals surface area contributed by atoms with Crippen molar-refractivity contribution in [2.75, 3.05) is 12.8 Å². The predicted octanol–water partition coefficient (Wildman–Crippen LogP) is 4.37. The van der Waals surface area contributed by atoms with Crippen LogP contribution in [-0.2, 0) is 0 Å². The third-order valence-corrected chi connectivity index (χ3v) is 5.54. The van der Waals surface area contributed by atoms with Gasteiger partial charge in [-0.25, -0.2) is 0 Å². The van der Waals surface area contributed by atoms with E-state index in [1.807, 2.05) is 23.9 Å². The van der Waals surface area contributed by atoms with Gasteiger partial charge in [0.25, 0.3) is 0 Å². The van der Waals surface area contributed by atoms with Crippen LogP contribution in [0.3, 0.4) is 0 Å². The van der Waals surface area contributed by atoms with E-state index in [9.17, 15) is 0 Å². The van der Waals surface area contributed by atoms with Gasteiger partial charge in [0.1, 0.15) is 5.76 Å². The Morgan fingerprint density at radius 3 is 2.71 bits per heavy atom.